The first-order valence-electron chi connectivity index (χ1n) is 5.37. The van der Waals surface area contributed by atoms with Gasteiger partial charge in [-0.2, -0.15) is 5.26 Å². The maximum Gasteiger partial charge on any atom is 0.165 e. The first kappa shape index (κ1) is 13.0. The van der Waals surface area contributed by atoms with Crippen LogP contribution in [0, 0.1) is 28.8 Å². The van der Waals surface area contributed by atoms with Crippen LogP contribution < -0.4 is 4.74 Å². The maximum absolute atomic E-state index is 13.7. The zero-order chi connectivity index (χ0) is 13.8. The molecule has 0 aromatic heterocycles. The normalized spacial score (nSPS) is 10.0. The van der Waals surface area contributed by atoms with Crippen molar-refractivity contribution in [3.63, 3.8) is 0 Å². The molecule has 2 aromatic carbocycles. The lowest BCUT2D eigenvalue weighted by molar-refractivity contribution is 0.283. The van der Waals surface area contributed by atoms with Gasteiger partial charge >= 0.3 is 0 Å². The first-order chi connectivity index (χ1) is 9.11. The predicted molar refractivity (Wildman–Crippen MR) is 61.8 cm³/mol. The number of halogens is 3. The van der Waals surface area contributed by atoms with Crippen molar-refractivity contribution in [3.8, 4) is 11.8 Å². The number of hydrogen-bond acceptors (Lipinski definition) is 2. The molecule has 2 rings (SSSR count). The van der Waals surface area contributed by atoms with Crippen molar-refractivity contribution in [2.24, 2.45) is 0 Å². The molecule has 0 bridgehead atoms. The Morgan fingerprint density at radius 3 is 2.63 bits per heavy atom. The first-order valence-corrected chi connectivity index (χ1v) is 5.37. The summed E-state index contributed by atoms with van der Waals surface area (Å²) >= 11 is 0. The lowest BCUT2D eigenvalue weighted by Crippen LogP contribution is -2.01. The van der Waals surface area contributed by atoms with Crippen molar-refractivity contribution >= 4 is 0 Å². The Labute approximate surface area is 107 Å². The molecule has 19 heavy (non-hydrogen) atoms. The van der Waals surface area contributed by atoms with E-state index in [2.05, 4.69) is 0 Å². The molecule has 0 spiro atoms. The molecule has 0 saturated heterocycles. The molecule has 5 heteroatoms. The fraction of sp³-hybridized carbons (Fsp3) is 0.0714. The van der Waals surface area contributed by atoms with Crippen molar-refractivity contribution in [2.45, 2.75) is 6.61 Å². The molecular weight excluding hydrogens is 255 g/mol. The summed E-state index contributed by atoms with van der Waals surface area (Å²) in [5.41, 5.74) is -0.0245. The van der Waals surface area contributed by atoms with Gasteiger partial charge in [0.15, 0.2) is 11.6 Å². The number of nitrogens with zero attached hydrogens (tertiary/aromatic N) is 1. The highest BCUT2D eigenvalue weighted by atomic mass is 19.1. The van der Waals surface area contributed by atoms with Crippen LogP contribution in [0.2, 0.25) is 0 Å². The van der Waals surface area contributed by atoms with Crippen LogP contribution in [-0.2, 0) is 6.61 Å². The summed E-state index contributed by atoms with van der Waals surface area (Å²) in [6.45, 7) is -0.290. The van der Waals surface area contributed by atoms with Gasteiger partial charge in [-0.3, -0.25) is 0 Å². The van der Waals surface area contributed by atoms with E-state index in [4.69, 9.17) is 10.00 Å². The Hall–Kier alpha value is -2.48. The smallest absolute Gasteiger partial charge is 0.165 e. The lowest BCUT2D eigenvalue weighted by atomic mass is 10.1. The highest BCUT2D eigenvalue weighted by molar-refractivity contribution is 5.35. The Morgan fingerprint density at radius 2 is 1.89 bits per heavy atom. The van der Waals surface area contributed by atoms with E-state index in [1.54, 1.807) is 6.07 Å². The van der Waals surface area contributed by atoms with E-state index in [-0.39, 0.29) is 23.5 Å². The minimum atomic E-state index is -0.738. The van der Waals surface area contributed by atoms with Crippen LogP contribution >= 0.6 is 0 Å². The van der Waals surface area contributed by atoms with E-state index in [1.807, 2.05) is 0 Å². The molecule has 0 heterocycles. The van der Waals surface area contributed by atoms with Crippen LogP contribution in [0.3, 0.4) is 0 Å². The number of ether oxygens (including phenoxy) is 1. The fourth-order valence-electron chi connectivity index (χ4n) is 1.52. The average Bonchev–Trinajstić information content (AvgIpc) is 2.41. The third-order valence-electron chi connectivity index (χ3n) is 2.48. The molecule has 0 aliphatic carbocycles. The molecule has 96 valence electrons. The van der Waals surface area contributed by atoms with Crippen molar-refractivity contribution in [2.75, 3.05) is 0 Å². The average molecular weight is 263 g/mol. The molecule has 0 atom stereocenters. The second kappa shape index (κ2) is 5.44. The van der Waals surface area contributed by atoms with E-state index in [0.29, 0.717) is 0 Å². The number of nitriles is 1. The molecule has 0 radical (unpaired) electrons. The Bertz CT molecular complexity index is 650. The standard InChI is InChI=1S/C14H8F3NO/c15-11-4-5-12(16)13(6-11)19-8-10-3-1-2-9(7-18)14(10)17/h1-6H,8H2. The minimum Gasteiger partial charge on any atom is -0.486 e. The van der Waals surface area contributed by atoms with E-state index in [1.165, 1.54) is 18.2 Å². The second-order valence-corrected chi connectivity index (χ2v) is 3.75. The number of benzene rings is 2. The lowest BCUT2D eigenvalue weighted by Gasteiger charge is -2.08. The van der Waals surface area contributed by atoms with Crippen molar-refractivity contribution < 1.29 is 17.9 Å². The molecule has 2 aromatic rings. The Balaban J connectivity index is 2.20. The van der Waals surface area contributed by atoms with Crippen LogP contribution in [0.15, 0.2) is 36.4 Å². The monoisotopic (exact) mass is 263 g/mol. The zero-order valence-corrected chi connectivity index (χ0v) is 9.66. The van der Waals surface area contributed by atoms with Crippen molar-refractivity contribution in [3.05, 3.63) is 65.0 Å². The molecule has 0 fully saturated rings. The van der Waals surface area contributed by atoms with Gasteiger partial charge in [-0.15, -0.1) is 0 Å². The van der Waals surface area contributed by atoms with Gasteiger partial charge < -0.3 is 4.74 Å². The SMILES string of the molecule is N#Cc1cccc(COc2cc(F)ccc2F)c1F. The van der Waals surface area contributed by atoms with Gasteiger partial charge in [0.2, 0.25) is 0 Å². The largest absolute Gasteiger partial charge is 0.486 e. The van der Waals surface area contributed by atoms with E-state index in [9.17, 15) is 13.2 Å². The topological polar surface area (TPSA) is 33.0 Å². The van der Waals surface area contributed by atoms with Crippen LogP contribution in [0.25, 0.3) is 0 Å². The summed E-state index contributed by atoms with van der Waals surface area (Å²) < 4.78 is 44.9. The highest BCUT2D eigenvalue weighted by Crippen LogP contribution is 2.20. The third kappa shape index (κ3) is 2.86. The summed E-state index contributed by atoms with van der Waals surface area (Å²) in [6.07, 6.45) is 0. The van der Waals surface area contributed by atoms with Crippen LogP contribution in [0.1, 0.15) is 11.1 Å². The van der Waals surface area contributed by atoms with Gasteiger partial charge in [0.05, 0.1) is 5.56 Å². The zero-order valence-electron chi connectivity index (χ0n) is 9.66. The van der Waals surface area contributed by atoms with Gasteiger partial charge in [-0.05, 0) is 18.2 Å². The van der Waals surface area contributed by atoms with Crippen LogP contribution in [0.5, 0.6) is 5.75 Å². The third-order valence-corrected chi connectivity index (χ3v) is 2.48. The van der Waals surface area contributed by atoms with Crippen LogP contribution in [-0.4, -0.2) is 0 Å². The minimum absolute atomic E-state index is 0.0997. The summed E-state index contributed by atoms with van der Waals surface area (Å²) in [7, 11) is 0. The molecular formula is C14H8F3NO. The number of hydrogen-bond donors (Lipinski definition) is 0. The summed E-state index contributed by atoms with van der Waals surface area (Å²) in [5.74, 6) is -2.41. The Morgan fingerprint density at radius 1 is 1.11 bits per heavy atom. The van der Waals surface area contributed by atoms with Crippen molar-refractivity contribution in [1.29, 1.82) is 5.26 Å². The molecule has 2 nitrogen and oxygen atoms in total. The summed E-state index contributed by atoms with van der Waals surface area (Å²) in [6, 6.07) is 8.67. The van der Waals surface area contributed by atoms with Crippen molar-refractivity contribution in [1.82, 2.24) is 0 Å². The van der Waals surface area contributed by atoms with Gasteiger partial charge in [0, 0.05) is 11.6 Å². The number of rotatable bonds is 3. The summed E-state index contributed by atoms with van der Waals surface area (Å²) in [5, 5.41) is 8.67. The Kier molecular flexibility index (Phi) is 3.71. The van der Waals surface area contributed by atoms with Gasteiger partial charge in [0.25, 0.3) is 0 Å². The highest BCUT2D eigenvalue weighted by Gasteiger charge is 2.10. The molecule has 0 amide bonds. The molecule has 0 saturated carbocycles. The second-order valence-electron chi connectivity index (χ2n) is 3.75. The quantitative estimate of drug-likeness (QED) is 0.848. The van der Waals surface area contributed by atoms with Crippen LogP contribution in [0.4, 0.5) is 13.2 Å². The van der Waals surface area contributed by atoms with E-state index in [0.717, 1.165) is 18.2 Å². The fourth-order valence-corrected chi connectivity index (χ4v) is 1.52. The van der Waals surface area contributed by atoms with Gasteiger partial charge in [0.1, 0.15) is 24.3 Å². The maximum atomic E-state index is 13.7. The molecule has 0 aliphatic rings. The van der Waals surface area contributed by atoms with Gasteiger partial charge in [-0.25, -0.2) is 13.2 Å². The molecule has 0 N–H and O–H groups in total. The summed E-state index contributed by atoms with van der Waals surface area (Å²) in [4.78, 5) is 0. The molecule has 0 aliphatic heterocycles. The molecule has 0 unspecified atom stereocenters. The van der Waals surface area contributed by atoms with E-state index < -0.39 is 17.5 Å². The predicted octanol–water partition coefficient (Wildman–Crippen LogP) is 3.55. The van der Waals surface area contributed by atoms with Gasteiger partial charge in [-0.1, -0.05) is 12.1 Å². The van der Waals surface area contributed by atoms with E-state index >= 15 is 0 Å².